The molecule has 140 valence electrons. The molecule has 0 amide bonds. The van der Waals surface area contributed by atoms with Gasteiger partial charge in [0, 0.05) is 26.3 Å². The number of guanidine groups is 1. The lowest BCUT2D eigenvalue weighted by Gasteiger charge is -2.21. The first-order valence-corrected chi connectivity index (χ1v) is 8.48. The monoisotopic (exact) mass is 452 g/mol. The third kappa shape index (κ3) is 9.48. The van der Waals surface area contributed by atoms with E-state index in [9.17, 15) is 0 Å². The normalized spacial score (nSPS) is 12.8. The number of unbranched alkanes of at least 4 members (excludes halogenated alkanes) is 1. The van der Waals surface area contributed by atoms with E-state index < -0.39 is 0 Å². The summed E-state index contributed by atoms with van der Waals surface area (Å²) in [6.07, 6.45) is 3.84. The number of aliphatic imine (C=N–C) groups is 1. The van der Waals surface area contributed by atoms with Crippen LogP contribution in [0.1, 0.15) is 38.5 Å². The number of likely N-dealkylation sites (N-methyl/N-ethyl adjacent to an activating group) is 1. The van der Waals surface area contributed by atoms with Crippen LogP contribution in [0.5, 0.6) is 0 Å². The van der Waals surface area contributed by atoms with Crippen LogP contribution >= 0.6 is 24.0 Å². The Labute approximate surface area is 163 Å². The summed E-state index contributed by atoms with van der Waals surface area (Å²) in [6, 6.07) is 4.05. The second-order valence-corrected chi connectivity index (χ2v) is 5.55. The molecule has 1 aromatic rings. The van der Waals surface area contributed by atoms with Crippen molar-refractivity contribution in [2.45, 2.75) is 32.7 Å². The third-order valence-electron chi connectivity index (χ3n) is 3.47. The first-order valence-electron chi connectivity index (χ1n) is 8.48. The first-order chi connectivity index (χ1) is 11.2. The van der Waals surface area contributed by atoms with Gasteiger partial charge in [0.25, 0.3) is 0 Å². The highest BCUT2D eigenvalue weighted by atomic mass is 127. The second-order valence-electron chi connectivity index (χ2n) is 5.55. The van der Waals surface area contributed by atoms with Gasteiger partial charge in [0.1, 0.15) is 5.76 Å². The van der Waals surface area contributed by atoms with E-state index in [0.29, 0.717) is 6.54 Å². The zero-order chi connectivity index (χ0) is 16.9. The van der Waals surface area contributed by atoms with Crippen molar-refractivity contribution in [1.29, 1.82) is 0 Å². The van der Waals surface area contributed by atoms with Gasteiger partial charge in [0.2, 0.25) is 0 Å². The molecule has 0 aliphatic rings. The van der Waals surface area contributed by atoms with Gasteiger partial charge in [-0.2, -0.15) is 0 Å². The Morgan fingerprint density at radius 2 is 2.08 bits per heavy atom. The molecular weight excluding hydrogens is 419 g/mol. The number of furan rings is 1. The van der Waals surface area contributed by atoms with Crippen molar-refractivity contribution in [2.24, 2.45) is 4.99 Å². The molecule has 0 fully saturated rings. The Bertz CT molecular complexity index is 424. The minimum absolute atomic E-state index is 0. The summed E-state index contributed by atoms with van der Waals surface area (Å²) in [5.74, 6) is 1.79. The van der Waals surface area contributed by atoms with Crippen LogP contribution in [0, 0.1) is 0 Å². The quantitative estimate of drug-likeness (QED) is 0.234. The molecule has 1 heterocycles. The fourth-order valence-electron chi connectivity index (χ4n) is 2.19. The van der Waals surface area contributed by atoms with Crippen molar-refractivity contribution in [3.8, 4) is 0 Å². The molecule has 7 heteroatoms. The Balaban J connectivity index is 0.00000529. The molecule has 1 atom stereocenters. The summed E-state index contributed by atoms with van der Waals surface area (Å²) in [5.41, 5.74) is 0. The second kappa shape index (κ2) is 14.5. The van der Waals surface area contributed by atoms with E-state index in [4.69, 9.17) is 9.15 Å². The molecule has 0 aromatic carbocycles. The number of rotatable bonds is 11. The van der Waals surface area contributed by atoms with Crippen LogP contribution in [0.4, 0.5) is 0 Å². The van der Waals surface area contributed by atoms with Crippen molar-refractivity contribution in [2.75, 3.05) is 46.9 Å². The van der Waals surface area contributed by atoms with E-state index in [1.807, 2.05) is 33.2 Å². The molecule has 0 bridgehead atoms. The molecule has 2 N–H and O–H groups in total. The first kappa shape index (κ1) is 23.2. The lowest BCUT2D eigenvalue weighted by molar-refractivity contribution is 0.143. The molecule has 0 spiro atoms. The summed E-state index contributed by atoms with van der Waals surface area (Å²) in [7, 11) is 4.08. The van der Waals surface area contributed by atoms with Gasteiger partial charge in [-0.15, -0.1) is 24.0 Å². The van der Waals surface area contributed by atoms with E-state index in [2.05, 4.69) is 27.4 Å². The fraction of sp³-hybridized carbons (Fsp3) is 0.706. The predicted octanol–water partition coefficient (Wildman–Crippen LogP) is 2.87. The van der Waals surface area contributed by atoms with Gasteiger partial charge in [-0.3, -0.25) is 9.89 Å². The van der Waals surface area contributed by atoms with E-state index in [1.165, 1.54) is 0 Å². The summed E-state index contributed by atoms with van der Waals surface area (Å²) in [4.78, 5) is 6.81. The number of hydrogen-bond donors (Lipinski definition) is 2. The summed E-state index contributed by atoms with van der Waals surface area (Å²) in [5, 5.41) is 6.65. The Hall–Kier alpha value is -0.800. The standard InChI is InChI=1S/C17H32N4O2.HI/c1-5-18-17(19-11-7-8-12-22-6-2)20-14-15(21(3)4)16-10-9-13-23-16;/h9-10,13,15H,5-8,11-12,14H2,1-4H3,(H2,18,19,20);1H. The van der Waals surface area contributed by atoms with Crippen molar-refractivity contribution < 1.29 is 9.15 Å². The van der Waals surface area contributed by atoms with Crippen LogP contribution in [0.25, 0.3) is 0 Å². The highest BCUT2D eigenvalue weighted by Crippen LogP contribution is 2.18. The molecule has 0 radical (unpaired) electrons. The number of ether oxygens (including phenoxy) is 1. The van der Waals surface area contributed by atoms with Crippen LogP contribution in [0.2, 0.25) is 0 Å². The number of halogens is 1. The zero-order valence-corrected chi connectivity index (χ0v) is 17.7. The molecule has 1 aromatic heterocycles. The number of hydrogen-bond acceptors (Lipinski definition) is 4. The topological polar surface area (TPSA) is 62.0 Å². The average Bonchev–Trinajstić information content (AvgIpc) is 3.04. The van der Waals surface area contributed by atoms with Crippen LogP contribution in [0.3, 0.4) is 0 Å². The number of nitrogens with zero attached hydrogens (tertiary/aromatic N) is 2. The summed E-state index contributed by atoms with van der Waals surface area (Å²) >= 11 is 0. The Morgan fingerprint density at radius 3 is 2.67 bits per heavy atom. The van der Waals surface area contributed by atoms with Crippen LogP contribution in [-0.2, 0) is 4.74 Å². The minimum Gasteiger partial charge on any atom is -0.468 e. The molecule has 24 heavy (non-hydrogen) atoms. The number of nitrogens with one attached hydrogen (secondary N) is 2. The predicted molar refractivity (Wildman–Crippen MR) is 110 cm³/mol. The van der Waals surface area contributed by atoms with Gasteiger partial charge in [0.15, 0.2) is 5.96 Å². The largest absolute Gasteiger partial charge is 0.468 e. The van der Waals surface area contributed by atoms with Crippen molar-refractivity contribution >= 4 is 29.9 Å². The molecule has 0 aliphatic heterocycles. The summed E-state index contributed by atoms with van der Waals surface area (Å²) < 4.78 is 10.9. The van der Waals surface area contributed by atoms with Gasteiger partial charge in [0.05, 0.1) is 18.8 Å². The maximum atomic E-state index is 5.52. The molecule has 1 rings (SSSR count). The molecule has 0 saturated carbocycles. The van der Waals surface area contributed by atoms with Gasteiger partial charge < -0.3 is 19.8 Å². The Kier molecular flexibility index (Phi) is 14.1. The van der Waals surface area contributed by atoms with Crippen LogP contribution < -0.4 is 10.6 Å². The van der Waals surface area contributed by atoms with Crippen molar-refractivity contribution in [1.82, 2.24) is 15.5 Å². The Morgan fingerprint density at radius 1 is 1.29 bits per heavy atom. The highest BCUT2D eigenvalue weighted by molar-refractivity contribution is 14.0. The fourth-order valence-corrected chi connectivity index (χ4v) is 2.19. The van der Waals surface area contributed by atoms with Crippen molar-refractivity contribution in [3.05, 3.63) is 24.2 Å². The molecule has 6 nitrogen and oxygen atoms in total. The average molecular weight is 452 g/mol. The maximum Gasteiger partial charge on any atom is 0.191 e. The lowest BCUT2D eigenvalue weighted by Crippen LogP contribution is -2.38. The van der Waals surface area contributed by atoms with Gasteiger partial charge in [-0.25, -0.2) is 0 Å². The molecule has 1 unspecified atom stereocenters. The van der Waals surface area contributed by atoms with E-state index >= 15 is 0 Å². The van der Waals surface area contributed by atoms with Crippen LogP contribution in [-0.4, -0.2) is 57.8 Å². The van der Waals surface area contributed by atoms with Gasteiger partial charge >= 0.3 is 0 Å². The van der Waals surface area contributed by atoms with Crippen molar-refractivity contribution in [3.63, 3.8) is 0 Å². The highest BCUT2D eigenvalue weighted by Gasteiger charge is 2.16. The third-order valence-corrected chi connectivity index (χ3v) is 3.47. The molecule has 0 saturated heterocycles. The van der Waals surface area contributed by atoms with Gasteiger partial charge in [-0.05, 0) is 52.9 Å². The molecular formula is C17H33IN4O2. The zero-order valence-electron chi connectivity index (χ0n) is 15.4. The van der Waals surface area contributed by atoms with Gasteiger partial charge in [-0.1, -0.05) is 0 Å². The van der Waals surface area contributed by atoms with Crippen LogP contribution in [0.15, 0.2) is 27.8 Å². The maximum absolute atomic E-state index is 5.52. The van der Waals surface area contributed by atoms with E-state index in [1.54, 1.807) is 6.26 Å². The smallest absolute Gasteiger partial charge is 0.191 e. The SMILES string of the molecule is CCNC(=NCC(c1ccco1)N(C)C)NCCCCOCC.I. The van der Waals surface area contributed by atoms with E-state index in [-0.39, 0.29) is 30.0 Å². The molecule has 0 aliphatic carbocycles. The summed E-state index contributed by atoms with van der Waals surface area (Å²) in [6.45, 7) is 8.10. The lowest BCUT2D eigenvalue weighted by atomic mass is 10.2. The minimum atomic E-state index is 0. The van der Waals surface area contributed by atoms with E-state index in [0.717, 1.165) is 50.9 Å².